The minimum atomic E-state index is -1.58. The molecule has 6 rings (SSSR count). The summed E-state index contributed by atoms with van der Waals surface area (Å²) >= 11 is 6.46. The van der Waals surface area contributed by atoms with E-state index in [0.717, 1.165) is 25.8 Å². The first-order valence-corrected chi connectivity index (χ1v) is 18.3. The zero-order valence-electron chi connectivity index (χ0n) is 30.1. The fourth-order valence-corrected chi connectivity index (χ4v) is 9.75. The summed E-state index contributed by atoms with van der Waals surface area (Å²) < 4.78 is 17.3. The van der Waals surface area contributed by atoms with E-state index in [1.54, 1.807) is 25.2 Å². The number of fused-ring (bicyclic) bond motifs is 4. The van der Waals surface area contributed by atoms with Crippen LogP contribution in [0.4, 0.5) is 5.69 Å². The highest BCUT2D eigenvalue weighted by Gasteiger charge is 2.62. The number of halogens is 1. The molecule has 3 aliphatic heterocycles. The maximum absolute atomic E-state index is 14.1. The number of methoxy groups -OCH3 is 1. The lowest BCUT2D eigenvalue weighted by atomic mass is 9.55. The highest BCUT2D eigenvalue weighted by atomic mass is 35.5. The lowest BCUT2D eigenvalue weighted by Crippen LogP contribution is -2.66. The summed E-state index contributed by atoms with van der Waals surface area (Å²) in [7, 11) is 3.11. The standard InChI is InChI=1S/C37H52ClN3O9/c1-19-13-14-41(29(15-19)34(44)47-7)18-21(3)24-12-11-22(4)37(46)26(24)16-20(2)31(48-23(5)42)32(37)49-33(43)28-17-36(45)25-9-8-10-27(38)30(25)40(6)50-35(36)39-28/h8-10,16,19,21-22,24,26,28-29,31-32,35,39,45-46H,11-15,17-18H2,1-7H3/t19-,21?,22-,24+,26-,28+,29+,31-,32+,35-,36-,37-/m1/s1. The third-order valence-electron chi connectivity index (χ3n) is 12.2. The largest absolute Gasteiger partial charge is 0.468 e. The Hall–Kier alpha value is -2.74. The van der Waals surface area contributed by atoms with E-state index in [-0.39, 0.29) is 36.2 Å². The molecule has 3 N–H and O–H groups in total. The van der Waals surface area contributed by atoms with Crippen LogP contribution in [0, 0.1) is 29.6 Å². The van der Waals surface area contributed by atoms with Crippen molar-refractivity contribution in [1.82, 2.24) is 10.2 Å². The van der Waals surface area contributed by atoms with E-state index in [4.69, 9.17) is 30.6 Å². The van der Waals surface area contributed by atoms with E-state index in [1.807, 2.05) is 19.9 Å². The molecule has 50 heavy (non-hydrogen) atoms. The molecule has 0 aromatic heterocycles. The van der Waals surface area contributed by atoms with Gasteiger partial charge < -0.3 is 24.4 Å². The Morgan fingerprint density at radius 2 is 1.88 bits per heavy atom. The predicted octanol–water partition coefficient (Wildman–Crippen LogP) is 3.70. The molecule has 3 heterocycles. The van der Waals surface area contributed by atoms with Crippen LogP contribution in [-0.4, -0.2) is 96.4 Å². The number of benzene rings is 1. The van der Waals surface area contributed by atoms with Gasteiger partial charge in [-0.1, -0.05) is 50.6 Å². The number of hydroxylamine groups is 1. The van der Waals surface area contributed by atoms with Crippen LogP contribution < -0.4 is 10.4 Å². The number of nitrogens with zero attached hydrogens (tertiary/aromatic N) is 2. The minimum Gasteiger partial charge on any atom is -0.468 e. The Morgan fingerprint density at radius 1 is 1.14 bits per heavy atom. The number of likely N-dealkylation sites (tertiary alicyclic amines) is 1. The van der Waals surface area contributed by atoms with Crippen molar-refractivity contribution < 1.29 is 43.6 Å². The third kappa shape index (κ3) is 6.34. The number of hydrogen-bond donors (Lipinski definition) is 3. The van der Waals surface area contributed by atoms with Crippen molar-refractivity contribution in [3.8, 4) is 0 Å². The Balaban J connectivity index is 1.27. The van der Waals surface area contributed by atoms with Gasteiger partial charge in [0.05, 0.1) is 17.8 Å². The van der Waals surface area contributed by atoms with Gasteiger partial charge in [0.25, 0.3) is 0 Å². The van der Waals surface area contributed by atoms with Gasteiger partial charge in [0, 0.05) is 38.4 Å². The fourth-order valence-electron chi connectivity index (χ4n) is 9.46. The van der Waals surface area contributed by atoms with E-state index in [0.29, 0.717) is 40.7 Å². The van der Waals surface area contributed by atoms with Crippen LogP contribution in [0.5, 0.6) is 0 Å². The Morgan fingerprint density at radius 3 is 2.58 bits per heavy atom. The average Bonchev–Trinajstić information content (AvgIpc) is 3.41. The third-order valence-corrected chi connectivity index (χ3v) is 12.5. The fraction of sp³-hybridized carbons (Fsp3) is 0.703. The number of anilines is 1. The van der Waals surface area contributed by atoms with Crippen molar-refractivity contribution in [2.45, 2.75) is 108 Å². The van der Waals surface area contributed by atoms with Crippen molar-refractivity contribution in [3.63, 3.8) is 0 Å². The molecule has 0 bridgehead atoms. The molecule has 1 saturated carbocycles. The van der Waals surface area contributed by atoms with E-state index in [1.165, 1.54) is 19.1 Å². The molecule has 1 aromatic rings. The van der Waals surface area contributed by atoms with Gasteiger partial charge in [-0.2, -0.15) is 0 Å². The molecular weight excluding hydrogens is 666 g/mol. The number of carbonyl (C=O) groups excluding carboxylic acids is 3. The van der Waals surface area contributed by atoms with Crippen LogP contribution in [0.15, 0.2) is 29.8 Å². The van der Waals surface area contributed by atoms with E-state index in [2.05, 4.69) is 24.1 Å². The number of rotatable bonds is 7. The zero-order chi connectivity index (χ0) is 36.3. The molecule has 13 heteroatoms. The maximum atomic E-state index is 14.1. The van der Waals surface area contributed by atoms with E-state index in [9.17, 15) is 24.6 Å². The quantitative estimate of drug-likeness (QED) is 0.215. The SMILES string of the molecule is COC(=O)[C@@H]1C[C@H](C)CCN1CC(C)[C@@H]1CC[C@@H](C)[C@@]2(O)[C@@H]1C=C(C)[C@@H](OC(C)=O)[C@@H]2OC(=O)[C@@H]1C[C@@]2(O)c3cccc(Cl)c3N(C)O[C@H]2N1. The summed E-state index contributed by atoms with van der Waals surface area (Å²) in [6.45, 7) is 10.8. The average molecular weight is 718 g/mol. The second-order valence-corrected chi connectivity index (χ2v) is 15.9. The summed E-state index contributed by atoms with van der Waals surface area (Å²) in [5.74, 6) is -1.72. The Kier molecular flexibility index (Phi) is 10.4. The molecule has 1 unspecified atom stereocenters. The van der Waals surface area contributed by atoms with Crippen molar-refractivity contribution >= 4 is 35.2 Å². The number of hydrogen-bond acceptors (Lipinski definition) is 12. The molecule has 2 saturated heterocycles. The lowest BCUT2D eigenvalue weighted by molar-refractivity contribution is -0.225. The summed E-state index contributed by atoms with van der Waals surface area (Å²) in [4.78, 5) is 47.5. The van der Waals surface area contributed by atoms with Crippen LogP contribution in [0.25, 0.3) is 0 Å². The molecular formula is C37H52ClN3O9. The molecule has 12 nitrogen and oxygen atoms in total. The number of carbonyl (C=O) groups is 3. The topological polar surface area (TPSA) is 147 Å². The number of ether oxygens (including phenoxy) is 3. The molecule has 0 amide bonds. The van der Waals surface area contributed by atoms with Crippen molar-refractivity contribution in [2.75, 3.05) is 32.3 Å². The van der Waals surface area contributed by atoms with Crippen LogP contribution >= 0.6 is 11.6 Å². The summed E-state index contributed by atoms with van der Waals surface area (Å²) in [5, 5.41) is 29.7. The van der Waals surface area contributed by atoms with Gasteiger partial charge >= 0.3 is 17.9 Å². The van der Waals surface area contributed by atoms with Crippen LogP contribution in [0.3, 0.4) is 0 Å². The number of nitrogens with one attached hydrogen (secondary N) is 1. The molecule has 1 aromatic carbocycles. The monoisotopic (exact) mass is 717 g/mol. The second-order valence-electron chi connectivity index (χ2n) is 15.5. The molecule has 3 fully saturated rings. The van der Waals surface area contributed by atoms with Crippen molar-refractivity contribution in [2.24, 2.45) is 29.6 Å². The summed E-state index contributed by atoms with van der Waals surface area (Å²) in [6.07, 6.45) is 1.98. The number of esters is 3. The minimum absolute atomic E-state index is 0.0124. The molecule has 0 spiro atoms. The van der Waals surface area contributed by atoms with Gasteiger partial charge in [0.2, 0.25) is 0 Å². The number of piperidine rings is 1. The Bertz CT molecular complexity index is 1520. The first kappa shape index (κ1) is 37.0. The number of aliphatic hydroxyl groups is 2. The zero-order valence-corrected chi connectivity index (χ0v) is 30.8. The normalized spacial score (nSPS) is 39.0. The first-order chi connectivity index (χ1) is 23.6. The van der Waals surface area contributed by atoms with Crippen LogP contribution in [0.2, 0.25) is 5.02 Å². The van der Waals surface area contributed by atoms with Gasteiger partial charge in [-0.3, -0.25) is 34.5 Å². The predicted molar refractivity (Wildman–Crippen MR) is 185 cm³/mol. The van der Waals surface area contributed by atoms with Crippen molar-refractivity contribution in [3.05, 3.63) is 40.4 Å². The molecule has 5 aliphatic rings. The first-order valence-electron chi connectivity index (χ1n) is 17.9. The highest BCUT2D eigenvalue weighted by molar-refractivity contribution is 6.33. The van der Waals surface area contributed by atoms with Crippen LogP contribution in [-0.2, 0) is 39.0 Å². The highest BCUT2D eigenvalue weighted by Crippen LogP contribution is 2.53. The van der Waals surface area contributed by atoms with Gasteiger partial charge in [0.15, 0.2) is 18.4 Å². The molecule has 2 aliphatic carbocycles. The molecule has 276 valence electrons. The molecule has 12 atom stereocenters. The van der Waals surface area contributed by atoms with Gasteiger partial charge in [-0.15, -0.1) is 0 Å². The van der Waals surface area contributed by atoms with Crippen molar-refractivity contribution in [1.29, 1.82) is 0 Å². The maximum Gasteiger partial charge on any atom is 0.323 e. The number of para-hydroxylation sites is 1. The Labute approximate surface area is 299 Å². The van der Waals surface area contributed by atoms with Crippen LogP contribution in [0.1, 0.15) is 72.3 Å². The van der Waals surface area contributed by atoms with Gasteiger partial charge in [-0.05, 0) is 74.5 Å². The van der Waals surface area contributed by atoms with E-state index < -0.39 is 53.5 Å². The smallest absolute Gasteiger partial charge is 0.323 e. The summed E-state index contributed by atoms with van der Waals surface area (Å²) in [6, 6.07) is 3.88. The van der Waals surface area contributed by atoms with Gasteiger partial charge in [0.1, 0.15) is 23.3 Å². The summed E-state index contributed by atoms with van der Waals surface area (Å²) in [5.41, 5.74) is -1.42. The lowest BCUT2D eigenvalue weighted by Gasteiger charge is -2.56. The second kappa shape index (κ2) is 14.0. The molecule has 0 radical (unpaired) electrons. The van der Waals surface area contributed by atoms with E-state index >= 15 is 0 Å². The van der Waals surface area contributed by atoms with Gasteiger partial charge in [-0.25, -0.2) is 0 Å².